The molecule has 1 atom stereocenters. The number of carbonyl (C=O) groups excluding carboxylic acids is 2. The Bertz CT molecular complexity index is 1060. The molecule has 0 aliphatic carbocycles. The van der Waals surface area contributed by atoms with E-state index in [-0.39, 0.29) is 18.5 Å². The predicted octanol–water partition coefficient (Wildman–Crippen LogP) is 3.44. The number of aryl methyl sites for hydroxylation is 2. The standard InChI is InChI=1S/C26H37N3O4S/c1-7-23(26(31)27-19(2)3)28(17-16-22-14-9-8-10-15-22)24(30)18-29(34(6,32)33)25-20(4)12-11-13-21(25)5/h8-15,19,23H,7,16-18H2,1-6H3,(H,27,31). The summed E-state index contributed by atoms with van der Waals surface area (Å²) in [5, 5.41) is 2.90. The molecule has 0 aliphatic rings. The topological polar surface area (TPSA) is 86.8 Å². The van der Waals surface area contributed by atoms with Crippen molar-refractivity contribution >= 4 is 27.5 Å². The van der Waals surface area contributed by atoms with Crippen molar-refractivity contribution < 1.29 is 18.0 Å². The second-order valence-corrected chi connectivity index (χ2v) is 10.8. The Labute approximate surface area is 204 Å². The number of rotatable bonds is 11. The van der Waals surface area contributed by atoms with Crippen LogP contribution in [0.1, 0.15) is 43.9 Å². The van der Waals surface area contributed by atoms with Gasteiger partial charge in [-0.25, -0.2) is 8.42 Å². The third-order valence-electron chi connectivity index (χ3n) is 5.67. The van der Waals surface area contributed by atoms with Gasteiger partial charge in [0.05, 0.1) is 11.9 Å². The maximum absolute atomic E-state index is 13.6. The summed E-state index contributed by atoms with van der Waals surface area (Å²) in [6, 6.07) is 14.4. The van der Waals surface area contributed by atoms with Crippen LogP contribution in [0.5, 0.6) is 0 Å². The molecule has 2 amide bonds. The summed E-state index contributed by atoms with van der Waals surface area (Å²) in [5.41, 5.74) is 3.06. The van der Waals surface area contributed by atoms with Gasteiger partial charge < -0.3 is 10.2 Å². The molecular weight excluding hydrogens is 450 g/mol. The maximum Gasteiger partial charge on any atom is 0.244 e. The van der Waals surface area contributed by atoms with Gasteiger partial charge in [0.2, 0.25) is 21.8 Å². The monoisotopic (exact) mass is 487 g/mol. The van der Waals surface area contributed by atoms with Crippen LogP contribution in [0, 0.1) is 13.8 Å². The van der Waals surface area contributed by atoms with Crippen LogP contribution < -0.4 is 9.62 Å². The Balaban J connectivity index is 2.42. The zero-order valence-corrected chi connectivity index (χ0v) is 21.9. The number of para-hydroxylation sites is 1. The van der Waals surface area contributed by atoms with E-state index < -0.39 is 22.0 Å². The molecule has 0 spiro atoms. The van der Waals surface area contributed by atoms with Crippen LogP contribution in [0.25, 0.3) is 0 Å². The Morgan fingerprint density at radius 1 is 0.971 bits per heavy atom. The molecule has 0 saturated heterocycles. The molecule has 34 heavy (non-hydrogen) atoms. The SMILES string of the molecule is CCC(C(=O)NC(C)C)N(CCc1ccccc1)C(=O)CN(c1c(C)cccc1C)S(C)(=O)=O. The fourth-order valence-electron chi connectivity index (χ4n) is 4.05. The number of amides is 2. The minimum atomic E-state index is -3.75. The van der Waals surface area contributed by atoms with E-state index in [1.165, 1.54) is 4.90 Å². The summed E-state index contributed by atoms with van der Waals surface area (Å²) in [4.78, 5) is 28.1. The predicted molar refractivity (Wildman–Crippen MR) is 137 cm³/mol. The largest absolute Gasteiger partial charge is 0.352 e. The van der Waals surface area contributed by atoms with E-state index in [0.29, 0.717) is 25.1 Å². The summed E-state index contributed by atoms with van der Waals surface area (Å²) in [7, 11) is -3.75. The Kier molecular flexibility index (Phi) is 9.67. The van der Waals surface area contributed by atoms with E-state index in [2.05, 4.69) is 5.32 Å². The highest BCUT2D eigenvalue weighted by Gasteiger charge is 2.32. The van der Waals surface area contributed by atoms with Crippen molar-refractivity contribution in [2.45, 2.75) is 59.5 Å². The molecule has 0 radical (unpaired) electrons. The first-order valence-corrected chi connectivity index (χ1v) is 13.5. The van der Waals surface area contributed by atoms with Gasteiger partial charge >= 0.3 is 0 Å². The zero-order valence-electron chi connectivity index (χ0n) is 21.0. The fourth-order valence-corrected chi connectivity index (χ4v) is 5.02. The van der Waals surface area contributed by atoms with E-state index in [9.17, 15) is 18.0 Å². The van der Waals surface area contributed by atoms with Crippen molar-refractivity contribution in [2.75, 3.05) is 23.7 Å². The molecule has 0 bridgehead atoms. The van der Waals surface area contributed by atoms with Crippen LogP contribution >= 0.6 is 0 Å². The molecule has 1 N–H and O–H groups in total. The molecule has 7 nitrogen and oxygen atoms in total. The second-order valence-electron chi connectivity index (χ2n) is 8.92. The van der Waals surface area contributed by atoms with Crippen LogP contribution in [-0.2, 0) is 26.0 Å². The quantitative estimate of drug-likeness (QED) is 0.526. The van der Waals surface area contributed by atoms with E-state index in [4.69, 9.17) is 0 Å². The van der Waals surface area contributed by atoms with Crippen molar-refractivity contribution in [2.24, 2.45) is 0 Å². The van der Waals surface area contributed by atoms with Crippen molar-refractivity contribution in [1.29, 1.82) is 0 Å². The fraction of sp³-hybridized carbons (Fsp3) is 0.462. The number of hydrogen-bond acceptors (Lipinski definition) is 4. The minimum absolute atomic E-state index is 0.0743. The van der Waals surface area contributed by atoms with E-state index >= 15 is 0 Å². The van der Waals surface area contributed by atoms with Gasteiger partial charge in [-0.3, -0.25) is 13.9 Å². The molecule has 2 aromatic rings. The third kappa shape index (κ3) is 7.32. The average molecular weight is 488 g/mol. The van der Waals surface area contributed by atoms with Crippen LogP contribution in [-0.4, -0.2) is 56.6 Å². The number of carbonyl (C=O) groups is 2. The third-order valence-corrected chi connectivity index (χ3v) is 6.78. The van der Waals surface area contributed by atoms with Crippen LogP contribution in [0.2, 0.25) is 0 Å². The van der Waals surface area contributed by atoms with Crippen molar-refractivity contribution in [3.05, 3.63) is 65.2 Å². The number of sulfonamides is 1. The van der Waals surface area contributed by atoms with E-state index in [1.54, 1.807) is 0 Å². The minimum Gasteiger partial charge on any atom is -0.352 e. The van der Waals surface area contributed by atoms with Crippen molar-refractivity contribution in [1.82, 2.24) is 10.2 Å². The molecule has 2 aromatic carbocycles. The first-order chi connectivity index (χ1) is 16.0. The summed E-state index contributed by atoms with van der Waals surface area (Å²) in [6.07, 6.45) is 2.07. The van der Waals surface area contributed by atoms with Crippen LogP contribution in [0.3, 0.4) is 0 Å². The summed E-state index contributed by atoms with van der Waals surface area (Å²) >= 11 is 0. The lowest BCUT2D eigenvalue weighted by molar-refractivity contribution is -0.139. The lowest BCUT2D eigenvalue weighted by atomic mass is 10.1. The molecule has 0 heterocycles. The summed E-state index contributed by atoms with van der Waals surface area (Å²) < 4.78 is 26.7. The molecular formula is C26H37N3O4S. The molecule has 0 saturated carbocycles. The Hall–Kier alpha value is -2.87. The van der Waals surface area contributed by atoms with Crippen molar-refractivity contribution in [3.8, 4) is 0 Å². The lowest BCUT2D eigenvalue weighted by Gasteiger charge is -2.33. The summed E-state index contributed by atoms with van der Waals surface area (Å²) in [5.74, 6) is -0.647. The van der Waals surface area contributed by atoms with Gasteiger partial charge in [0.1, 0.15) is 12.6 Å². The zero-order chi connectivity index (χ0) is 25.5. The molecule has 2 rings (SSSR count). The van der Waals surface area contributed by atoms with Crippen LogP contribution in [0.4, 0.5) is 5.69 Å². The highest BCUT2D eigenvalue weighted by atomic mass is 32.2. The number of hydrogen-bond donors (Lipinski definition) is 1. The number of anilines is 1. The first kappa shape index (κ1) is 27.4. The van der Waals surface area contributed by atoms with Gasteiger partial charge in [-0.1, -0.05) is 55.5 Å². The van der Waals surface area contributed by atoms with Gasteiger partial charge in [0.15, 0.2) is 0 Å². The second kappa shape index (κ2) is 12.0. The smallest absolute Gasteiger partial charge is 0.244 e. The van der Waals surface area contributed by atoms with Crippen molar-refractivity contribution in [3.63, 3.8) is 0 Å². The van der Waals surface area contributed by atoms with Crippen LogP contribution in [0.15, 0.2) is 48.5 Å². The highest BCUT2D eigenvalue weighted by Crippen LogP contribution is 2.27. The van der Waals surface area contributed by atoms with Gasteiger partial charge in [0.25, 0.3) is 0 Å². The maximum atomic E-state index is 13.6. The number of benzene rings is 2. The normalized spacial score (nSPS) is 12.3. The number of nitrogens with one attached hydrogen (secondary N) is 1. The highest BCUT2D eigenvalue weighted by molar-refractivity contribution is 7.92. The van der Waals surface area contributed by atoms with E-state index in [0.717, 1.165) is 27.3 Å². The summed E-state index contributed by atoms with van der Waals surface area (Å²) in [6.45, 7) is 9.17. The molecule has 0 aromatic heterocycles. The van der Waals surface area contributed by atoms with Gasteiger partial charge in [-0.2, -0.15) is 0 Å². The Morgan fingerprint density at radius 3 is 2.06 bits per heavy atom. The van der Waals surface area contributed by atoms with E-state index in [1.807, 2.05) is 83.1 Å². The van der Waals surface area contributed by atoms with Gasteiger partial charge in [-0.15, -0.1) is 0 Å². The Morgan fingerprint density at radius 2 is 1.56 bits per heavy atom. The molecule has 8 heteroatoms. The molecule has 186 valence electrons. The molecule has 0 aliphatic heterocycles. The first-order valence-electron chi connectivity index (χ1n) is 11.6. The molecule has 0 fully saturated rings. The number of nitrogens with zero attached hydrogens (tertiary/aromatic N) is 2. The van der Waals surface area contributed by atoms with Gasteiger partial charge in [0, 0.05) is 12.6 Å². The average Bonchev–Trinajstić information content (AvgIpc) is 2.75. The molecule has 1 unspecified atom stereocenters. The lowest BCUT2D eigenvalue weighted by Crippen LogP contribution is -2.54. The van der Waals surface area contributed by atoms with Gasteiger partial charge in [-0.05, 0) is 57.2 Å².